The van der Waals surface area contributed by atoms with Crippen molar-refractivity contribution in [2.45, 2.75) is 43.7 Å². The van der Waals surface area contributed by atoms with Crippen molar-refractivity contribution in [2.24, 2.45) is 10.9 Å². The van der Waals surface area contributed by atoms with Crippen molar-refractivity contribution in [3.05, 3.63) is 64.7 Å². The molecule has 4 nitrogen and oxygen atoms in total. The monoisotopic (exact) mass is 476 g/mol. The Morgan fingerprint density at radius 3 is 2.58 bits per heavy atom. The van der Waals surface area contributed by atoms with Gasteiger partial charge in [-0.25, -0.2) is 0 Å². The predicted octanol–water partition coefficient (Wildman–Crippen LogP) is 5.85. The first-order valence-electron chi connectivity index (χ1n) is 10.4. The number of thiocarbonyl (C=S) groups is 1. The van der Waals surface area contributed by atoms with E-state index >= 15 is 0 Å². The topological polar surface area (TPSA) is 41.9 Å². The Balaban J connectivity index is 0.00000272. The van der Waals surface area contributed by atoms with Gasteiger partial charge in [0.15, 0.2) is 0 Å². The van der Waals surface area contributed by atoms with Gasteiger partial charge in [0, 0.05) is 29.4 Å². The van der Waals surface area contributed by atoms with Crippen LogP contribution < -0.4 is 0 Å². The van der Waals surface area contributed by atoms with Gasteiger partial charge >= 0.3 is 5.97 Å². The molecule has 0 radical (unpaired) electrons. The Hall–Kier alpha value is -1.75. The van der Waals surface area contributed by atoms with Gasteiger partial charge in [0.25, 0.3) is 0 Å². The minimum atomic E-state index is -0.144. The van der Waals surface area contributed by atoms with Gasteiger partial charge in [-0.15, -0.1) is 12.4 Å². The lowest BCUT2D eigenvalue weighted by Gasteiger charge is -2.42. The van der Waals surface area contributed by atoms with Crippen LogP contribution in [0.15, 0.2) is 53.5 Å². The molecule has 2 aliphatic heterocycles. The average molecular weight is 477 g/mol. The Morgan fingerprint density at radius 1 is 1.19 bits per heavy atom. The maximum atomic E-state index is 13.2. The second-order valence-corrected chi connectivity index (χ2v) is 8.79. The molecule has 2 heterocycles. The highest BCUT2D eigenvalue weighted by Gasteiger charge is 2.49. The summed E-state index contributed by atoms with van der Waals surface area (Å²) >= 11 is 10.7. The van der Waals surface area contributed by atoms with Crippen LogP contribution >= 0.6 is 36.2 Å². The molecule has 2 saturated heterocycles. The van der Waals surface area contributed by atoms with E-state index in [-0.39, 0.29) is 36.3 Å². The normalized spacial score (nSPS) is 24.7. The van der Waals surface area contributed by atoms with Crippen molar-refractivity contribution in [1.29, 1.82) is 0 Å². The number of carbonyl (C=O) groups is 1. The first kappa shape index (κ1) is 23.9. The third-order valence-electron chi connectivity index (χ3n) is 6.59. The van der Waals surface area contributed by atoms with E-state index in [2.05, 4.69) is 46.5 Å². The zero-order valence-electron chi connectivity index (χ0n) is 17.4. The fourth-order valence-electron chi connectivity index (χ4n) is 5.00. The fourth-order valence-corrected chi connectivity index (χ4v) is 5.23. The molecule has 31 heavy (non-hydrogen) atoms. The molecule has 0 N–H and O–H groups in total. The third kappa shape index (κ3) is 5.36. The molecule has 4 atom stereocenters. The van der Waals surface area contributed by atoms with Gasteiger partial charge in [-0.2, -0.15) is 4.99 Å². The zero-order valence-corrected chi connectivity index (χ0v) is 19.8. The van der Waals surface area contributed by atoms with Crippen molar-refractivity contribution in [3.63, 3.8) is 0 Å². The van der Waals surface area contributed by atoms with Crippen LogP contribution in [0, 0.1) is 5.92 Å². The van der Waals surface area contributed by atoms with E-state index in [0.29, 0.717) is 19.1 Å². The lowest BCUT2D eigenvalue weighted by molar-refractivity contribution is -0.153. The molecule has 2 aromatic carbocycles. The molecule has 2 aliphatic rings. The second kappa shape index (κ2) is 10.7. The molecular weight excluding hydrogens is 451 g/mol. The summed E-state index contributed by atoms with van der Waals surface area (Å²) in [6.07, 6.45) is 3.85. The molecule has 0 spiro atoms. The maximum absolute atomic E-state index is 13.2. The summed E-state index contributed by atoms with van der Waals surface area (Å²) in [6, 6.07) is 16.5. The van der Waals surface area contributed by atoms with E-state index < -0.39 is 0 Å². The van der Waals surface area contributed by atoms with Crippen LogP contribution in [0.5, 0.6) is 0 Å². The van der Waals surface area contributed by atoms with Gasteiger partial charge in [-0.3, -0.25) is 9.69 Å². The van der Waals surface area contributed by atoms with E-state index in [0.717, 1.165) is 35.5 Å². The Labute approximate surface area is 200 Å². The summed E-state index contributed by atoms with van der Waals surface area (Å²) in [5, 5.41) is 3.08. The molecule has 4 rings (SSSR count). The number of benzene rings is 2. The quantitative estimate of drug-likeness (QED) is 0.298. The first-order valence-corrected chi connectivity index (χ1v) is 11.2. The summed E-state index contributed by atoms with van der Waals surface area (Å²) in [4.78, 5) is 19.5. The van der Waals surface area contributed by atoms with Gasteiger partial charge in [0.2, 0.25) is 0 Å². The third-order valence-corrected chi connectivity index (χ3v) is 6.93. The Morgan fingerprint density at radius 2 is 1.90 bits per heavy atom. The van der Waals surface area contributed by atoms with E-state index in [9.17, 15) is 4.79 Å². The fraction of sp³-hybridized carbons (Fsp3) is 0.417. The van der Waals surface area contributed by atoms with Crippen molar-refractivity contribution >= 4 is 53.0 Å². The van der Waals surface area contributed by atoms with E-state index in [1.54, 1.807) is 0 Å². The van der Waals surface area contributed by atoms with Gasteiger partial charge in [-0.1, -0.05) is 35.9 Å². The van der Waals surface area contributed by atoms with Crippen LogP contribution in [0.1, 0.15) is 36.3 Å². The highest BCUT2D eigenvalue weighted by molar-refractivity contribution is 7.78. The van der Waals surface area contributed by atoms with Gasteiger partial charge in [0.1, 0.15) is 0 Å². The van der Waals surface area contributed by atoms with Crippen LogP contribution in [0.4, 0.5) is 5.69 Å². The molecule has 4 unspecified atom stereocenters. The molecule has 2 aromatic rings. The second-order valence-electron chi connectivity index (χ2n) is 8.17. The molecule has 164 valence electrons. The number of ether oxygens (including phenoxy) is 1. The van der Waals surface area contributed by atoms with Crippen molar-refractivity contribution in [1.82, 2.24) is 4.90 Å². The number of hydrogen-bond donors (Lipinski definition) is 0. The lowest BCUT2D eigenvalue weighted by Crippen LogP contribution is -2.49. The maximum Gasteiger partial charge on any atom is 0.311 e. The van der Waals surface area contributed by atoms with Crippen LogP contribution in [-0.4, -0.2) is 41.8 Å². The summed E-state index contributed by atoms with van der Waals surface area (Å²) in [5.41, 5.74) is 3.06. The molecule has 7 heteroatoms. The number of piperidine rings is 1. The van der Waals surface area contributed by atoms with Gasteiger partial charge in [0.05, 0.1) is 23.4 Å². The molecule has 2 fully saturated rings. The molecule has 0 amide bonds. The number of esters is 1. The number of rotatable bonds is 6. The van der Waals surface area contributed by atoms with Crippen LogP contribution in [0.3, 0.4) is 0 Å². The SMILES string of the molecule is CN1C2CCC1C(C(=O)OCCc1ccc(N=C=S)cc1)C(c1ccc(Cl)cc1)C2.Cl. The Bertz CT molecular complexity index is 945. The van der Waals surface area contributed by atoms with E-state index in [1.165, 1.54) is 5.56 Å². The summed E-state index contributed by atoms with van der Waals surface area (Å²) in [6.45, 7) is 0.373. The highest BCUT2D eigenvalue weighted by atomic mass is 35.5. The average Bonchev–Trinajstić information content (AvgIpc) is 2.98. The zero-order chi connectivity index (χ0) is 21.1. The largest absolute Gasteiger partial charge is 0.465 e. The standard InChI is InChI=1S/C24H25ClN2O2S.ClH/c1-27-20-10-11-22(27)23(21(14-20)17-4-6-18(25)7-5-17)24(28)29-13-12-16-2-8-19(9-3-16)26-15-30;/h2-9,20-23H,10-14H2,1H3;1H. The number of nitrogens with zero attached hydrogens (tertiary/aromatic N) is 2. The smallest absolute Gasteiger partial charge is 0.311 e. The van der Waals surface area contributed by atoms with Crippen LogP contribution in [0.2, 0.25) is 5.02 Å². The van der Waals surface area contributed by atoms with Crippen molar-refractivity contribution in [3.8, 4) is 0 Å². The molecule has 2 bridgehead atoms. The van der Waals surface area contributed by atoms with E-state index in [1.807, 2.05) is 36.4 Å². The molecule has 0 aromatic heterocycles. The van der Waals surface area contributed by atoms with E-state index in [4.69, 9.17) is 16.3 Å². The van der Waals surface area contributed by atoms with Gasteiger partial charge < -0.3 is 4.74 Å². The number of hydrogen-bond acceptors (Lipinski definition) is 5. The number of halogens is 2. The number of aliphatic imine (C=N–C) groups is 1. The lowest BCUT2D eigenvalue weighted by atomic mass is 9.76. The molecule has 0 aliphatic carbocycles. The van der Waals surface area contributed by atoms with Crippen LogP contribution in [-0.2, 0) is 16.0 Å². The number of isothiocyanates is 1. The molecular formula is C24H26Cl2N2O2S. The number of fused-ring (bicyclic) bond motifs is 2. The van der Waals surface area contributed by atoms with Crippen molar-refractivity contribution < 1.29 is 9.53 Å². The summed E-state index contributed by atoms with van der Waals surface area (Å²) in [5.74, 6) is -0.0569. The van der Waals surface area contributed by atoms with Gasteiger partial charge in [-0.05, 0) is 73.9 Å². The van der Waals surface area contributed by atoms with Crippen LogP contribution in [0.25, 0.3) is 0 Å². The molecule has 0 saturated carbocycles. The summed E-state index contributed by atoms with van der Waals surface area (Å²) in [7, 11) is 2.14. The minimum absolute atomic E-state index is 0. The minimum Gasteiger partial charge on any atom is -0.465 e. The Kier molecular flexibility index (Phi) is 8.26. The predicted molar refractivity (Wildman–Crippen MR) is 130 cm³/mol. The number of carbonyl (C=O) groups excluding carboxylic acids is 1. The van der Waals surface area contributed by atoms with Crippen molar-refractivity contribution in [2.75, 3.05) is 13.7 Å². The highest BCUT2D eigenvalue weighted by Crippen LogP contribution is 2.46. The first-order chi connectivity index (χ1) is 14.6. The summed E-state index contributed by atoms with van der Waals surface area (Å²) < 4.78 is 5.79.